The van der Waals surface area contributed by atoms with E-state index in [4.69, 9.17) is 0 Å². The maximum absolute atomic E-state index is 4.20. The predicted molar refractivity (Wildman–Crippen MR) is 80.5 cm³/mol. The van der Waals surface area contributed by atoms with Crippen LogP contribution in [0.25, 0.3) is 0 Å². The van der Waals surface area contributed by atoms with E-state index in [0.717, 1.165) is 19.6 Å². The SMILES string of the molecule is CSc1cccc(CN2CC(c3cccnc3)C2)c1. The number of rotatable bonds is 4. The molecule has 1 aliphatic heterocycles. The lowest BCUT2D eigenvalue weighted by Gasteiger charge is -2.39. The third kappa shape index (κ3) is 2.99. The lowest BCUT2D eigenvalue weighted by atomic mass is 9.92. The monoisotopic (exact) mass is 270 g/mol. The first-order valence-corrected chi connectivity index (χ1v) is 7.83. The Morgan fingerprint density at radius 1 is 1.26 bits per heavy atom. The molecule has 0 atom stereocenters. The van der Waals surface area contributed by atoms with Crippen LogP contribution in [0.1, 0.15) is 17.0 Å². The van der Waals surface area contributed by atoms with Crippen molar-refractivity contribution >= 4 is 11.8 Å². The second kappa shape index (κ2) is 5.76. The predicted octanol–water partition coefficient (Wildman–Crippen LogP) is 3.40. The molecule has 2 heterocycles. The highest BCUT2D eigenvalue weighted by molar-refractivity contribution is 7.98. The fraction of sp³-hybridized carbons (Fsp3) is 0.312. The van der Waals surface area contributed by atoms with Crippen molar-refractivity contribution in [2.75, 3.05) is 19.3 Å². The van der Waals surface area contributed by atoms with E-state index in [2.05, 4.69) is 46.5 Å². The lowest BCUT2D eigenvalue weighted by molar-refractivity contribution is 0.139. The first kappa shape index (κ1) is 12.7. The van der Waals surface area contributed by atoms with Gasteiger partial charge in [-0.15, -0.1) is 11.8 Å². The van der Waals surface area contributed by atoms with Crippen LogP contribution in [-0.4, -0.2) is 29.2 Å². The molecule has 0 N–H and O–H groups in total. The van der Waals surface area contributed by atoms with Crippen LogP contribution in [0, 0.1) is 0 Å². The largest absolute Gasteiger partial charge is 0.298 e. The summed E-state index contributed by atoms with van der Waals surface area (Å²) in [7, 11) is 0. The highest BCUT2D eigenvalue weighted by Gasteiger charge is 2.27. The number of likely N-dealkylation sites (tertiary alicyclic amines) is 1. The van der Waals surface area contributed by atoms with Gasteiger partial charge in [-0.1, -0.05) is 18.2 Å². The second-order valence-corrected chi connectivity index (χ2v) is 5.91. The summed E-state index contributed by atoms with van der Waals surface area (Å²) in [5.74, 6) is 0.664. The van der Waals surface area contributed by atoms with Crippen LogP contribution in [-0.2, 0) is 6.54 Å². The molecule has 0 radical (unpaired) electrons. The number of aromatic nitrogens is 1. The number of hydrogen-bond donors (Lipinski definition) is 0. The maximum atomic E-state index is 4.20. The molecule has 19 heavy (non-hydrogen) atoms. The number of hydrogen-bond acceptors (Lipinski definition) is 3. The van der Waals surface area contributed by atoms with Crippen LogP contribution in [0.2, 0.25) is 0 Å². The molecule has 1 fully saturated rings. The van der Waals surface area contributed by atoms with Crippen molar-refractivity contribution in [2.24, 2.45) is 0 Å². The Kier molecular flexibility index (Phi) is 3.85. The quantitative estimate of drug-likeness (QED) is 0.792. The van der Waals surface area contributed by atoms with Crippen LogP contribution >= 0.6 is 11.8 Å². The molecule has 2 aromatic rings. The molecule has 2 nitrogen and oxygen atoms in total. The average Bonchev–Trinajstić information content (AvgIpc) is 2.43. The molecule has 1 saturated heterocycles. The van der Waals surface area contributed by atoms with Crippen molar-refractivity contribution in [3.8, 4) is 0 Å². The molecule has 0 aliphatic carbocycles. The topological polar surface area (TPSA) is 16.1 Å². The van der Waals surface area contributed by atoms with E-state index in [1.807, 2.05) is 18.5 Å². The highest BCUT2D eigenvalue weighted by atomic mass is 32.2. The average molecular weight is 270 g/mol. The van der Waals surface area contributed by atoms with Gasteiger partial charge >= 0.3 is 0 Å². The number of thioether (sulfide) groups is 1. The minimum atomic E-state index is 0.664. The third-order valence-electron chi connectivity index (χ3n) is 3.65. The van der Waals surface area contributed by atoms with Crippen molar-refractivity contribution in [1.82, 2.24) is 9.88 Å². The van der Waals surface area contributed by atoms with E-state index in [0.29, 0.717) is 5.92 Å². The van der Waals surface area contributed by atoms with Crippen molar-refractivity contribution in [1.29, 1.82) is 0 Å². The molecular weight excluding hydrogens is 252 g/mol. The Bertz CT molecular complexity index is 535. The summed E-state index contributed by atoms with van der Waals surface area (Å²) in [6, 6.07) is 13.0. The zero-order valence-electron chi connectivity index (χ0n) is 11.1. The highest BCUT2D eigenvalue weighted by Crippen LogP contribution is 2.28. The minimum absolute atomic E-state index is 0.664. The molecule has 0 unspecified atom stereocenters. The molecule has 0 spiro atoms. The summed E-state index contributed by atoms with van der Waals surface area (Å²) < 4.78 is 0. The second-order valence-electron chi connectivity index (χ2n) is 5.03. The summed E-state index contributed by atoms with van der Waals surface area (Å²) in [5.41, 5.74) is 2.79. The van der Waals surface area contributed by atoms with E-state index in [1.165, 1.54) is 16.0 Å². The molecule has 1 aliphatic rings. The van der Waals surface area contributed by atoms with Gasteiger partial charge in [-0.2, -0.15) is 0 Å². The summed E-state index contributed by atoms with van der Waals surface area (Å²) in [4.78, 5) is 8.04. The van der Waals surface area contributed by atoms with Gasteiger partial charge in [0.2, 0.25) is 0 Å². The van der Waals surface area contributed by atoms with Gasteiger partial charge in [-0.3, -0.25) is 9.88 Å². The summed E-state index contributed by atoms with van der Waals surface area (Å²) >= 11 is 1.81. The molecule has 3 rings (SSSR count). The van der Waals surface area contributed by atoms with E-state index in [1.54, 1.807) is 11.8 Å². The van der Waals surface area contributed by atoms with Crippen molar-refractivity contribution in [3.05, 3.63) is 59.9 Å². The van der Waals surface area contributed by atoms with Gasteiger partial charge in [0.1, 0.15) is 0 Å². The molecule has 0 bridgehead atoms. The fourth-order valence-corrected chi connectivity index (χ4v) is 3.04. The zero-order chi connectivity index (χ0) is 13.1. The van der Waals surface area contributed by atoms with Gasteiger partial charge in [-0.25, -0.2) is 0 Å². The lowest BCUT2D eigenvalue weighted by Crippen LogP contribution is -2.44. The van der Waals surface area contributed by atoms with Gasteiger partial charge in [0.15, 0.2) is 0 Å². The Morgan fingerprint density at radius 3 is 2.89 bits per heavy atom. The normalized spacial score (nSPS) is 16.3. The van der Waals surface area contributed by atoms with Crippen LogP contribution in [0.15, 0.2) is 53.7 Å². The summed E-state index contributed by atoms with van der Waals surface area (Å²) in [6.45, 7) is 3.36. The van der Waals surface area contributed by atoms with Crippen LogP contribution in [0.5, 0.6) is 0 Å². The zero-order valence-corrected chi connectivity index (χ0v) is 11.9. The van der Waals surface area contributed by atoms with Crippen LogP contribution in [0.4, 0.5) is 0 Å². The molecule has 1 aromatic heterocycles. The Morgan fingerprint density at radius 2 is 2.16 bits per heavy atom. The first-order chi connectivity index (χ1) is 9.35. The van der Waals surface area contributed by atoms with Gasteiger partial charge < -0.3 is 0 Å². The smallest absolute Gasteiger partial charge is 0.0303 e. The summed E-state index contributed by atoms with van der Waals surface area (Å²) in [5, 5.41) is 0. The van der Waals surface area contributed by atoms with Crippen molar-refractivity contribution in [3.63, 3.8) is 0 Å². The van der Waals surface area contributed by atoms with E-state index in [-0.39, 0.29) is 0 Å². The Balaban J connectivity index is 1.56. The van der Waals surface area contributed by atoms with Crippen molar-refractivity contribution < 1.29 is 0 Å². The van der Waals surface area contributed by atoms with Gasteiger partial charge in [0, 0.05) is 42.8 Å². The molecule has 0 saturated carbocycles. The van der Waals surface area contributed by atoms with Gasteiger partial charge in [0.05, 0.1) is 0 Å². The van der Waals surface area contributed by atoms with Crippen LogP contribution < -0.4 is 0 Å². The van der Waals surface area contributed by atoms with E-state index in [9.17, 15) is 0 Å². The number of nitrogens with zero attached hydrogens (tertiary/aromatic N) is 2. The summed E-state index contributed by atoms with van der Waals surface area (Å²) in [6.07, 6.45) is 5.96. The third-order valence-corrected chi connectivity index (χ3v) is 4.38. The molecule has 3 heteroatoms. The number of pyridine rings is 1. The van der Waals surface area contributed by atoms with E-state index < -0.39 is 0 Å². The Hall–Kier alpha value is -1.32. The first-order valence-electron chi connectivity index (χ1n) is 6.60. The standard InChI is InChI=1S/C16H18N2S/c1-19-16-6-2-4-13(8-16)10-18-11-15(12-18)14-5-3-7-17-9-14/h2-9,15H,10-12H2,1H3. The van der Waals surface area contributed by atoms with Gasteiger partial charge in [-0.05, 0) is 35.6 Å². The van der Waals surface area contributed by atoms with E-state index >= 15 is 0 Å². The van der Waals surface area contributed by atoms with Gasteiger partial charge in [0.25, 0.3) is 0 Å². The molecular formula is C16H18N2S. The molecule has 1 aromatic carbocycles. The fourth-order valence-electron chi connectivity index (χ4n) is 2.56. The Labute approximate surface area is 118 Å². The molecule has 98 valence electrons. The molecule has 0 amide bonds. The maximum Gasteiger partial charge on any atom is 0.0303 e. The number of benzene rings is 1. The van der Waals surface area contributed by atoms with Crippen molar-refractivity contribution in [2.45, 2.75) is 17.4 Å². The minimum Gasteiger partial charge on any atom is -0.298 e. The van der Waals surface area contributed by atoms with Crippen LogP contribution in [0.3, 0.4) is 0 Å².